The fraction of sp³-hybridized carbons (Fsp3) is 0.316. The van der Waals surface area contributed by atoms with Gasteiger partial charge in [-0.2, -0.15) is 0 Å². The van der Waals surface area contributed by atoms with E-state index in [-0.39, 0.29) is 18.2 Å². The summed E-state index contributed by atoms with van der Waals surface area (Å²) in [4.78, 5) is 16.3. The molecule has 1 aliphatic heterocycles. The average molecular weight is 341 g/mol. The second kappa shape index (κ2) is 7.90. The van der Waals surface area contributed by atoms with Crippen molar-refractivity contribution >= 4 is 23.0 Å². The Morgan fingerprint density at radius 3 is 2.60 bits per heavy atom. The van der Waals surface area contributed by atoms with Gasteiger partial charge in [0.05, 0.1) is 19.8 Å². The van der Waals surface area contributed by atoms with Crippen molar-refractivity contribution in [1.29, 1.82) is 0 Å². The zero-order chi connectivity index (χ0) is 17.6. The maximum atomic E-state index is 12.2. The van der Waals surface area contributed by atoms with Crippen LogP contribution in [0.3, 0.4) is 0 Å². The molecule has 1 fully saturated rings. The molecule has 1 amide bonds. The first-order chi connectivity index (χ1) is 12.1. The number of anilines is 3. The molecule has 0 atom stereocenters. The van der Waals surface area contributed by atoms with Crippen LogP contribution >= 0.6 is 0 Å². The van der Waals surface area contributed by atoms with E-state index in [1.54, 1.807) is 23.1 Å². The van der Waals surface area contributed by atoms with Gasteiger partial charge in [0.25, 0.3) is 0 Å². The minimum absolute atomic E-state index is 0.107. The number of likely N-dealkylation sites (N-methyl/N-ethyl adjacent to an activating group) is 1. The molecule has 1 aliphatic rings. The summed E-state index contributed by atoms with van der Waals surface area (Å²) in [6, 6.07) is 14.7. The SMILES string of the molecule is CN(CC(=O)Nc1ccc(N2CCOCC2)cc1)c1cccc(O)c1. The first kappa shape index (κ1) is 17.1. The van der Waals surface area contributed by atoms with Crippen LogP contribution in [0.15, 0.2) is 48.5 Å². The lowest BCUT2D eigenvalue weighted by Gasteiger charge is -2.29. The van der Waals surface area contributed by atoms with Crippen molar-refractivity contribution in [3.8, 4) is 5.75 Å². The predicted molar refractivity (Wildman–Crippen MR) is 99.5 cm³/mol. The number of rotatable bonds is 5. The first-order valence-electron chi connectivity index (χ1n) is 8.34. The van der Waals surface area contributed by atoms with E-state index >= 15 is 0 Å². The summed E-state index contributed by atoms with van der Waals surface area (Å²) >= 11 is 0. The minimum atomic E-state index is -0.107. The maximum Gasteiger partial charge on any atom is 0.243 e. The van der Waals surface area contributed by atoms with Crippen molar-refractivity contribution in [2.45, 2.75) is 0 Å². The number of carbonyl (C=O) groups is 1. The van der Waals surface area contributed by atoms with E-state index in [0.29, 0.717) is 0 Å². The number of aromatic hydroxyl groups is 1. The molecule has 0 bridgehead atoms. The first-order valence-corrected chi connectivity index (χ1v) is 8.34. The van der Waals surface area contributed by atoms with Crippen molar-refractivity contribution in [2.24, 2.45) is 0 Å². The quantitative estimate of drug-likeness (QED) is 0.874. The Bertz CT molecular complexity index is 712. The zero-order valence-electron chi connectivity index (χ0n) is 14.3. The molecule has 3 rings (SSSR count). The number of morpholine rings is 1. The number of hydrogen-bond acceptors (Lipinski definition) is 5. The summed E-state index contributed by atoms with van der Waals surface area (Å²) in [5.41, 5.74) is 2.70. The Morgan fingerprint density at radius 2 is 1.92 bits per heavy atom. The van der Waals surface area contributed by atoms with E-state index < -0.39 is 0 Å². The standard InChI is InChI=1S/C19H23N3O3/c1-21(17-3-2-4-18(23)13-17)14-19(24)20-15-5-7-16(8-6-15)22-9-11-25-12-10-22/h2-8,13,23H,9-12,14H2,1H3,(H,20,24). The predicted octanol–water partition coefficient (Wildman–Crippen LogP) is 2.30. The van der Waals surface area contributed by atoms with Gasteiger partial charge in [0, 0.05) is 43.3 Å². The zero-order valence-corrected chi connectivity index (χ0v) is 14.3. The summed E-state index contributed by atoms with van der Waals surface area (Å²) in [5, 5.41) is 12.4. The van der Waals surface area contributed by atoms with Gasteiger partial charge in [-0.3, -0.25) is 4.79 Å². The summed E-state index contributed by atoms with van der Waals surface area (Å²) in [6.07, 6.45) is 0. The van der Waals surface area contributed by atoms with E-state index in [1.165, 1.54) is 0 Å². The van der Waals surface area contributed by atoms with E-state index in [9.17, 15) is 9.90 Å². The number of phenolic OH excluding ortho intramolecular Hbond substituents is 1. The number of nitrogens with one attached hydrogen (secondary N) is 1. The van der Waals surface area contributed by atoms with Gasteiger partial charge >= 0.3 is 0 Å². The van der Waals surface area contributed by atoms with Crippen molar-refractivity contribution < 1.29 is 14.6 Å². The lowest BCUT2D eigenvalue weighted by molar-refractivity contribution is -0.114. The highest BCUT2D eigenvalue weighted by Crippen LogP contribution is 2.20. The molecule has 0 radical (unpaired) electrons. The van der Waals surface area contributed by atoms with Crippen LogP contribution in [-0.4, -0.2) is 50.9 Å². The number of amides is 1. The van der Waals surface area contributed by atoms with Crippen LogP contribution in [0.25, 0.3) is 0 Å². The molecular formula is C19H23N3O3. The second-order valence-electron chi connectivity index (χ2n) is 6.07. The fourth-order valence-corrected chi connectivity index (χ4v) is 2.81. The summed E-state index contributed by atoms with van der Waals surface area (Å²) in [7, 11) is 1.82. The van der Waals surface area contributed by atoms with Gasteiger partial charge in [0.15, 0.2) is 0 Å². The van der Waals surface area contributed by atoms with Crippen LogP contribution in [0, 0.1) is 0 Å². The molecule has 2 N–H and O–H groups in total. The van der Waals surface area contributed by atoms with Crippen LogP contribution in [0.2, 0.25) is 0 Å². The molecule has 0 aromatic heterocycles. The molecule has 2 aromatic carbocycles. The molecule has 0 saturated carbocycles. The normalized spacial score (nSPS) is 14.2. The lowest BCUT2D eigenvalue weighted by atomic mass is 10.2. The molecule has 6 heteroatoms. The largest absolute Gasteiger partial charge is 0.508 e. The van der Waals surface area contributed by atoms with Gasteiger partial charge in [-0.05, 0) is 36.4 Å². The van der Waals surface area contributed by atoms with Gasteiger partial charge in [-0.25, -0.2) is 0 Å². The topological polar surface area (TPSA) is 65.0 Å². The Hall–Kier alpha value is -2.73. The highest BCUT2D eigenvalue weighted by molar-refractivity contribution is 5.94. The van der Waals surface area contributed by atoms with Gasteiger partial charge in [0.2, 0.25) is 5.91 Å². The molecular weight excluding hydrogens is 318 g/mol. The highest BCUT2D eigenvalue weighted by atomic mass is 16.5. The van der Waals surface area contributed by atoms with Crippen molar-refractivity contribution in [3.05, 3.63) is 48.5 Å². The smallest absolute Gasteiger partial charge is 0.243 e. The Kier molecular flexibility index (Phi) is 5.40. The Balaban J connectivity index is 1.55. The number of hydrogen-bond donors (Lipinski definition) is 2. The van der Waals surface area contributed by atoms with E-state index in [4.69, 9.17) is 4.74 Å². The van der Waals surface area contributed by atoms with Crippen LogP contribution in [-0.2, 0) is 9.53 Å². The summed E-state index contributed by atoms with van der Waals surface area (Å²) < 4.78 is 5.36. The molecule has 132 valence electrons. The minimum Gasteiger partial charge on any atom is -0.508 e. The molecule has 0 spiro atoms. The number of benzene rings is 2. The number of carbonyl (C=O) groups excluding carboxylic acids is 1. The second-order valence-corrected chi connectivity index (χ2v) is 6.07. The summed E-state index contributed by atoms with van der Waals surface area (Å²) in [6.45, 7) is 3.48. The molecule has 6 nitrogen and oxygen atoms in total. The van der Waals surface area contributed by atoms with Crippen molar-refractivity contribution in [1.82, 2.24) is 0 Å². The molecule has 2 aromatic rings. The average Bonchev–Trinajstić information content (AvgIpc) is 2.63. The van der Waals surface area contributed by atoms with E-state index in [2.05, 4.69) is 10.2 Å². The Labute approximate surface area is 147 Å². The molecule has 1 heterocycles. The van der Waals surface area contributed by atoms with Gasteiger partial charge in [0.1, 0.15) is 5.75 Å². The van der Waals surface area contributed by atoms with Crippen molar-refractivity contribution in [3.63, 3.8) is 0 Å². The number of phenols is 1. The van der Waals surface area contributed by atoms with Crippen molar-refractivity contribution in [2.75, 3.05) is 55.0 Å². The van der Waals surface area contributed by atoms with E-state index in [1.807, 2.05) is 37.4 Å². The third-order valence-electron chi connectivity index (χ3n) is 4.18. The maximum absolute atomic E-state index is 12.2. The van der Waals surface area contributed by atoms with Gasteiger partial charge in [-0.15, -0.1) is 0 Å². The molecule has 0 aliphatic carbocycles. The van der Waals surface area contributed by atoms with E-state index in [0.717, 1.165) is 43.4 Å². The monoisotopic (exact) mass is 341 g/mol. The third-order valence-corrected chi connectivity index (χ3v) is 4.18. The van der Waals surface area contributed by atoms with Crippen LogP contribution in [0.4, 0.5) is 17.1 Å². The van der Waals surface area contributed by atoms with Crippen LogP contribution < -0.4 is 15.1 Å². The van der Waals surface area contributed by atoms with Gasteiger partial charge < -0.3 is 25.0 Å². The fourth-order valence-electron chi connectivity index (χ4n) is 2.81. The molecule has 1 saturated heterocycles. The molecule has 25 heavy (non-hydrogen) atoms. The van der Waals surface area contributed by atoms with Crippen LogP contribution in [0.5, 0.6) is 5.75 Å². The summed E-state index contributed by atoms with van der Waals surface area (Å²) in [5.74, 6) is 0.0772. The van der Waals surface area contributed by atoms with Crippen LogP contribution in [0.1, 0.15) is 0 Å². The molecule has 0 unspecified atom stereocenters. The number of nitrogens with zero attached hydrogens (tertiary/aromatic N) is 2. The number of ether oxygens (including phenoxy) is 1. The lowest BCUT2D eigenvalue weighted by Crippen LogP contribution is -2.36. The highest BCUT2D eigenvalue weighted by Gasteiger charge is 2.12. The Morgan fingerprint density at radius 1 is 1.20 bits per heavy atom. The van der Waals surface area contributed by atoms with Gasteiger partial charge in [-0.1, -0.05) is 6.07 Å². The third kappa shape index (κ3) is 4.64.